The van der Waals surface area contributed by atoms with Crippen LogP contribution in [0.3, 0.4) is 0 Å². The number of aromatic nitrogens is 2. The van der Waals surface area contributed by atoms with Crippen molar-refractivity contribution in [3.63, 3.8) is 0 Å². The normalized spacial score (nSPS) is 16.4. The molecule has 1 aliphatic rings. The number of rotatable bonds is 5. The van der Waals surface area contributed by atoms with Gasteiger partial charge < -0.3 is 14.5 Å². The Balaban J connectivity index is 1.39. The van der Waals surface area contributed by atoms with Gasteiger partial charge in [-0.1, -0.05) is 41.9 Å². The molecule has 0 spiro atoms. The van der Waals surface area contributed by atoms with Crippen LogP contribution in [0.2, 0.25) is 5.02 Å². The van der Waals surface area contributed by atoms with Crippen molar-refractivity contribution in [2.75, 3.05) is 24.5 Å². The fraction of sp³-hybridized carbons (Fsp3) is 0.208. The number of ether oxygens (including phenoxy) is 1. The smallest absolute Gasteiger partial charge is 0.246 e. The maximum absolute atomic E-state index is 13.4. The molecule has 0 unspecified atom stereocenters. The van der Waals surface area contributed by atoms with Crippen molar-refractivity contribution in [2.45, 2.75) is 13.0 Å². The quantitative estimate of drug-likeness (QED) is 0.520. The number of piperazine rings is 1. The Labute approximate surface area is 190 Å². The predicted octanol–water partition coefficient (Wildman–Crippen LogP) is 4.81. The highest BCUT2D eigenvalue weighted by Gasteiger charge is 2.27. The molecule has 164 valence electrons. The number of halogens is 2. The molecule has 1 amide bonds. The lowest BCUT2D eigenvalue weighted by atomic mass is 10.1. The first-order valence-electron chi connectivity index (χ1n) is 10.2. The maximum Gasteiger partial charge on any atom is 0.246 e. The summed E-state index contributed by atoms with van der Waals surface area (Å²) in [5.41, 5.74) is 0.989. The molecule has 2 aromatic carbocycles. The van der Waals surface area contributed by atoms with Crippen LogP contribution in [-0.2, 0) is 4.79 Å². The van der Waals surface area contributed by atoms with E-state index in [-0.39, 0.29) is 17.0 Å². The van der Waals surface area contributed by atoms with Crippen molar-refractivity contribution in [1.82, 2.24) is 14.9 Å². The molecule has 1 aromatic heterocycles. The van der Waals surface area contributed by atoms with Crippen LogP contribution in [-0.4, -0.2) is 46.5 Å². The highest BCUT2D eigenvalue weighted by molar-refractivity contribution is 6.30. The molecule has 8 heteroatoms. The molecule has 1 atom stereocenters. The van der Waals surface area contributed by atoms with Gasteiger partial charge in [0.15, 0.2) is 0 Å². The van der Waals surface area contributed by atoms with Gasteiger partial charge in [-0.15, -0.1) is 0 Å². The molecule has 0 bridgehead atoms. The number of carbonyl (C=O) groups excluding carboxylic acids is 1. The van der Waals surface area contributed by atoms with Crippen molar-refractivity contribution in [3.05, 3.63) is 83.4 Å². The van der Waals surface area contributed by atoms with Gasteiger partial charge >= 0.3 is 0 Å². The zero-order valence-corrected chi connectivity index (χ0v) is 18.2. The molecule has 3 aromatic rings. The van der Waals surface area contributed by atoms with Gasteiger partial charge in [0.2, 0.25) is 11.8 Å². The molecule has 0 radical (unpaired) electrons. The van der Waals surface area contributed by atoms with Crippen molar-refractivity contribution < 1.29 is 13.9 Å². The van der Waals surface area contributed by atoms with E-state index in [4.69, 9.17) is 16.3 Å². The first-order valence-corrected chi connectivity index (χ1v) is 10.6. The number of anilines is 1. The molecular formula is C24H22ClFN4O2. The van der Waals surface area contributed by atoms with Gasteiger partial charge in [0.05, 0.1) is 5.02 Å². The van der Waals surface area contributed by atoms with E-state index >= 15 is 0 Å². The minimum atomic E-state index is -0.512. The molecule has 6 nitrogen and oxygen atoms in total. The summed E-state index contributed by atoms with van der Waals surface area (Å²) < 4.78 is 19.1. The fourth-order valence-electron chi connectivity index (χ4n) is 3.54. The Morgan fingerprint density at radius 3 is 2.72 bits per heavy atom. The van der Waals surface area contributed by atoms with Crippen LogP contribution in [0.15, 0.2) is 67.0 Å². The first-order chi connectivity index (χ1) is 15.5. The first kappa shape index (κ1) is 21.8. The van der Waals surface area contributed by atoms with Crippen molar-refractivity contribution in [1.29, 1.82) is 0 Å². The molecule has 4 rings (SSSR count). The van der Waals surface area contributed by atoms with Crippen LogP contribution in [0, 0.1) is 5.82 Å². The fourth-order valence-corrected chi connectivity index (χ4v) is 3.71. The Morgan fingerprint density at radius 2 is 1.97 bits per heavy atom. The summed E-state index contributed by atoms with van der Waals surface area (Å²) in [6.07, 6.45) is 4.86. The van der Waals surface area contributed by atoms with Gasteiger partial charge in [0, 0.05) is 43.9 Å². The Bertz CT molecular complexity index is 1130. The molecule has 32 heavy (non-hydrogen) atoms. The number of hydrogen-bond donors (Lipinski definition) is 0. The lowest BCUT2D eigenvalue weighted by Crippen LogP contribution is -2.54. The molecular weight excluding hydrogens is 431 g/mol. The molecule has 1 saturated heterocycles. The molecule has 1 aliphatic heterocycles. The predicted molar refractivity (Wildman–Crippen MR) is 122 cm³/mol. The van der Waals surface area contributed by atoms with Gasteiger partial charge in [-0.2, -0.15) is 0 Å². The third-order valence-electron chi connectivity index (χ3n) is 5.19. The van der Waals surface area contributed by atoms with Gasteiger partial charge in [-0.05, 0) is 30.7 Å². The third-order valence-corrected chi connectivity index (χ3v) is 5.48. The van der Waals surface area contributed by atoms with Gasteiger partial charge in [0.25, 0.3) is 0 Å². The Kier molecular flexibility index (Phi) is 6.66. The topological polar surface area (TPSA) is 58.6 Å². The van der Waals surface area contributed by atoms with E-state index in [0.717, 1.165) is 5.56 Å². The summed E-state index contributed by atoms with van der Waals surface area (Å²) in [5, 5.41) is -0.0206. The average Bonchev–Trinajstić information content (AvgIpc) is 2.81. The van der Waals surface area contributed by atoms with E-state index in [1.165, 1.54) is 24.5 Å². The summed E-state index contributed by atoms with van der Waals surface area (Å²) in [6, 6.07) is 15.6. The zero-order valence-electron chi connectivity index (χ0n) is 17.5. The van der Waals surface area contributed by atoms with Crippen molar-refractivity contribution in [2.24, 2.45) is 0 Å². The van der Waals surface area contributed by atoms with E-state index in [0.29, 0.717) is 37.1 Å². The summed E-state index contributed by atoms with van der Waals surface area (Å²) in [4.78, 5) is 25.1. The molecule has 1 fully saturated rings. The highest BCUT2D eigenvalue weighted by Crippen LogP contribution is 2.27. The van der Waals surface area contributed by atoms with E-state index < -0.39 is 5.82 Å². The van der Waals surface area contributed by atoms with E-state index in [2.05, 4.69) is 14.9 Å². The van der Waals surface area contributed by atoms with Gasteiger partial charge in [-0.3, -0.25) is 4.79 Å². The van der Waals surface area contributed by atoms with Crippen LogP contribution >= 0.6 is 11.6 Å². The Morgan fingerprint density at radius 1 is 1.16 bits per heavy atom. The largest absolute Gasteiger partial charge is 0.439 e. The standard InChI is InChI=1S/C24H22ClFN4O2/c1-17-15-29(11-12-30(17)24(31)10-7-18-5-3-2-4-6-18)22-14-23(28-16-27-22)32-19-8-9-21(26)20(25)13-19/h2-10,13-14,16-17H,11-12,15H2,1H3/b10-7+/t17-/m0/s1. The molecule has 0 N–H and O–H groups in total. The molecule has 2 heterocycles. The van der Waals surface area contributed by atoms with Crippen LogP contribution in [0.25, 0.3) is 6.08 Å². The SMILES string of the molecule is C[C@H]1CN(c2cc(Oc3ccc(F)c(Cl)c3)ncn2)CCN1C(=O)/C=C/c1ccccc1. The van der Waals surface area contributed by atoms with Crippen molar-refractivity contribution >= 4 is 29.4 Å². The lowest BCUT2D eigenvalue weighted by Gasteiger charge is -2.40. The van der Waals surface area contributed by atoms with Crippen LogP contribution in [0.1, 0.15) is 12.5 Å². The van der Waals surface area contributed by atoms with Gasteiger partial charge in [-0.25, -0.2) is 14.4 Å². The molecule has 0 aliphatic carbocycles. The summed E-state index contributed by atoms with van der Waals surface area (Å²) in [7, 11) is 0. The van der Waals surface area contributed by atoms with Gasteiger partial charge in [0.1, 0.15) is 23.7 Å². The van der Waals surface area contributed by atoms with E-state index in [9.17, 15) is 9.18 Å². The summed E-state index contributed by atoms with van der Waals surface area (Å²) >= 11 is 5.81. The maximum atomic E-state index is 13.4. The minimum Gasteiger partial charge on any atom is -0.439 e. The summed E-state index contributed by atoms with van der Waals surface area (Å²) in [5.74, 6) is 0.884. The minimum absolute atomic E-state index is 0.00640. The van der Waals surface area contributed by atoms with Crippen molar-refractivity contribution in [3.8, 4) is 11.6 Å². The second-order valence-electron chi connectivity index (χ2n) is 7.46. The monoisotopic (exact) mass is 452 g/mol. The average molecular weight is 453 g/mol. The highest BCUT2D eigenvalue weighted by atomic mass is 35.5. The second kappa shape index (κ2) is 9.78. The zero-order chi connectivity index (χ0) is 22.5. The van der Waals surface area contributed by atoms with Crippen LogP contribution < -0.4 is 9.64 Å². The van der Waals surface area contributed by atoms with E-state index in [1.54, 1.807) is 12.1 Å². The summed E-state index contributed by atoms with van der Waals surface area (Å²) in [6.45, 7) is 3.85. The van der Waals surface area contributed by atoms with E-state index in [1.807, 2.05) is 48.2 Å². The Hall–Kier alpha value is -3.45. The number of hydrogen-bond acceptors (Lipinski definition) is 5. The number of carbonyl (C=O) groups is 1. The number of benzene rings is 2. The second-order valence-corrected chi connectivity index (χ2v) is 7.87. The lowest BCUT2D eigenvalue weighted by molar-refractivity contribution is -0.128. The third kappa shape index (κ3) is 5.23. The number of nitrogens with zero attached hydrogens (tertiary/aromatic N) is 4. The number of amides is 1. The molecule has 0 saturated carbocycles. The van der Waals surface area contributed by atoms with Crippen LogP contribution in [0.5, 0.6) is 11.6 Å². The van der Waals surface area contributed by atoms with Crippen LogP contribution in [0.4, 0.5) is 10.2 Å².